The highest BCUT2D eigenvalue weighted by atomic mass is 16.5. The van der Waals surface area contributed by atoms with Crippen LogP contribution in [0.2, 0.25) is 0 Å². The first-order valence-electron chi connectivity index (χ1n) is 10.9. The molecule has 0 saturated heterocycles. The molecule has 0 aromatic carbocycles. The number of Topliss-reactive ketones (excluding diaryl/α,β-unsaturated/α-hetero) is 1. The Bertz CT molecular complexity index is 598. The van der Waals surface area contributed by atoms with Gasteiger partial charge in [-0.25, -0.2) is 0 Å². The van der Waals surface area contributed by atoms with Gasteiger partial charge in [-0.05, 0) is 99.2 Å². The highest BCUT2D eigenvalue weighted by Gasteiger charge is 2.60. The van der Waals surface area contributed by atoms with E-state index in [1.165, 1.54) is 45.4 Å². The first-order valence-corrected chi connectivity index (χ1v) is 10.9. The van der Waals surface area contributed by atoms with Crippen LogP contribution < -0.4 is 0 Å². The number of hydrogen-bond donors (Lipinski definition) is 0. The van der Waals surface area contributed by atoms with Gasteiger partial charge in [-0.1, -0.05) is 13.8 Å². The maximum atomic E-state index is 12.2. The van der Waals surface area contributed by atoms with Gasteiger partial charge in [0.2, 0.25) is 0 Å². The van der Waals surface area contributed by atoms with Crippen molar-refractivity contribution in [2.75, 3.05) is 0 Å². The van der Waals surface area contributed by atoms with Crippen molar-refractivity contribution in [2.45, 2.75) is 91.6 Å². The summed E-state index contributed by atoms with van der Waals surface area (Å²) in [5.74, 6) is 3.68. The number of fused-ring (bicyclic) bond motifs is 5. The van der Waals surface area contributed by atoms with Crippen LogP contribution in [0.5, 0.6) is 0 Å². The maximum Gasteiger partial charge on any atom is 0.302 e. The topological polar surface area (TPSA) is 43.4 Å². The molecule has 0 N–H and O–H groups in total. The van der Waals surface area contributed by atoms with Gasteiger partial charge in [0.15, 0.2) is 0 Å². The highest BCUT2D eigenvalue weighted by molar-refractivity contribution is 5.79. The molecule has 4 aliphatic rings. The van der Waals surface area contributed by atoms with Crippen molar-refractivity contribution >= 4 is 11.8 Å². The Labute approximate surface area is 158 Å². The minimum absolute atomic E-state index is 0.123. The summed E-state index contributed by atoms with van der Waals surface area (Å²) in [6.45, 7) is 8.33. The largest absolute Gasteiger partial charge is 0.463 e. The molecule has 0 bridgehead atoms. The molecule has 4 rings (SSSR count). The zero-order valence-corrected chi connectivity index (χ0v) is 17.1. The Hall–Kier alpha value is -0.860. The predicted octanol–water partition coefficient (Wildman–Crippen LogP) is 5.17. The Morgan fingerprint density at radius 2 is 1.54 bits per heavy atom. The molecule has 8 atom stereocenters. The molecule has 3 nitrogen and oxygen atoms in total. The van der Waals surface area contributed by atoms with Crippen molar-refractivity contribution in [3.05, 3.63) is 0 Å². The molecular formula is C23H36O3. The van der Waals surface area contributed by atoms with Crippen molar-refractivity contribution in [2.24, 2.45) is 40.4 Å². The Morgan fingerprint density at radius 3 is 2.23 bits per heavy atom. The standard InChI is InChI=1S/C23H36O3/c1-14(24)19-7-8-20-18-6-5-16-13-17(26-15(2)25)9-11-22(16,3)21(18)10-12-23(19,20)4/h16-21H,5-13H2,1-4H3/t16-,17-,18-,19?,20-,21-,22-,23+/m0/s1. The van der Waals surface area contributed by atoms with E-state index in [-0.39, 0.29) is 17.5 Å². The molecule has 0 spiro atoms. The molecule has 1 unspecified atom stereocenters. The van der Waals surface area contributed by atoms with Crippen LogP contribution >= 0.6 is 0 Å². The fourth-order valence-electron chi connectivity index (χ4n) is 8.23. The van der Waals surface area contributed by atoms with Crippen LogP contribution in [0.4, 0.5) is 0 Å². The molecule has 3 heteroatoms. The van der Waals surface area contributed by atoms with Crippen LogP contribution in [0.15, 0.2) is 0 Å². The van der Waals surface area contributed by atoms with E-state index in [1.54, 1.807) is 0 Å². The first-order chi connectivity index (χ1) is 12.3. The molecule has 4 aliphatic carbocycles. The molecule has 0 aliphatic heterocycles. The van der Waals surface area contributed by atoms with Gasteiger partial charge in [-0.3, -0.25) is 9.59 Å². The van der Waals surface area contributed by atoms with Gasteiger partial charge in [0.05, 0.1) is 0 Å². The molecule has 0 heterocycles. The summed E-state index contributed by atoms with van der Waals surface area (Å²) in [5, 5.41) is 0. The van der Waals surface area contributed by atoms with Gasteiger partial charge in [-0.2, -0.15) is 0 Å². The number of rotatable bonds is 2. The van der Waals surface area contributed by atoms with E-state index in [0.29, 0.717) is 23.0 Å². The third-order valence-corrected chi connectivity index (χ3v) is 9.44. The van der Waals surface area contributed by atoms with Gasteiger partial charge in [0.25, 0.3) is 0 Å². The maximum absolute atomic E-state index is 12.2. The normalized spacial score (nSPS) is 50.3. The number of carbonyl (C=O) groups excluding carboxylic acids is 2. The van der Waals surface area contributed by atoms with Crippen molar-refractivity contribution in [1.82, 2.24) is 0 Å². The van der Waals surface area contributed by atoms with Gasteiger partial charge in [0, 0.05) is 12.8 Å². The molecule has 0 aromatic heterocycles. The Balaban J connectivity index is 1.54. The quantitative estimate of drug-likeness (QED) is 0.638. The van der Waals surface area contributed by atoms with Crippen LogP contribution in [0.3, 0.4) is 0 Å². The number of ether oxygens (including phenoxy) is 1. The number of hydrogen-bond acceptors (Lipinski definition) is 3. The molecule has 4 fully saturated rings. The highest BCUT2D eigenvalue weighted by Crippen LogP contribution is 2.67. The van der Waals surface area contributed by atoms with Crippen molar-refractivity contribution < 1.29 is 14.3 Å². The third kappa shape index (κ3) is 2.67. The average Bonchev–Trinajstić information content (AvgIpc) is 2.92. The first kappa shape index (κ1) is 18.5. The van der Waals surface area contributed by atoms with Crippen LogP contribution in [0, 0.1) is 40.4 Å². The summed E-state index contributed by atoms with van der Waals surface area (Å²) < 4.78 is 5.57. The molecule has 0 aromatic rings. The van der Waals surface area contributed by atoms with E-state index in [9.17, 15) is 9.59 Å². The molecule has 4 saturated carbocycles. The van der Waals surface area contributed by atoms with E-state index in [0.717, 1.165) is 37.0 Å². The van der Waals surface area contributed by atoms with Gasteiger partial charge in [-0.15, -0.1) is 0 Å². The van der Waals surface area contributed by atoms with E-state index in [1.807, 2.05) is 6.92 Å². The summed E-state index contributed by atoms with van der Waals surface area (Å²) in [7, 11) is 0. The smallest absolute Gasteiger partial charge is 0.302 e. The lowest BCUT2D eigenvalue weighted by molar-refractivity contribution is -0.161. The summed E-state index contributed by atoms with van der Waals surface area (Å²) in [6.07, 6.45) is 11.0. The number of esters is 1. The number of ketones is 1. The van der Waals surface area contributed by atoms with Crippen LogP contribution in [-0.4, -0.2) is 17.9 Å². The van der Waals surface area contributed by atoms with Gasteiger partial charge < -0.3 is 4.74 Å². The van der Waals surface area contributed by atoms with Crippen molar-refractivity contribution in [1.29, 1.82) is 0 Å². The van der Waals surface area contributed by atoms with E-state index in [2.05, 4.69) is 13.8 Å². The summed E-state index contributed by atoms with van der Waals surface area (Å²) in [5.41, 5.74) is 0.667. The zero-order chi connectivity index (χ0) is 18.7. The molecular weight excluding hydrogens is 324 g/mol. The van der Waals surface area contributed by atoms with Gasteiger partial charge in [0.1, 0.15) is 11.9 Å². The van der Waals surface area contributed by atoms with Crippen LogP contribution in [0.25, 0.3) is 0 Å². The minimum Gasteiger partial charge on any atom is -0.463 e. The Morgan fingerprint density at radius 1 is 0.846 bits per heavy atom. The molecule has 26 heavy (non-hydrogen) atoms. The third-order valence-electron chi connectivity index (χ3n) is 9.44. The fraction of sp³-hybridized carbons (Fsp3) is 0.913. The lowest BCUT2D eigenvalue weighted by atomic mass is 9.44. The average molecular weight is 361 g/mol. The Kier molecular flexibility index (Phi) is 4.51. The number of carbonyl (C=O) groups is 2. The predicted molar refractivity (Wildman–Crippen MR) is 101 cm³/mol. The summed E-state index contributed by atoms with van der Waals surface area (Å²) >= 11 is 0. The van der Waals surface area contributed by atoms with E-state index in [4.69, 9.17) is 4.74 Å². The van der Waals surface area contributed by atoms with Gasteiger partial charge >= 0.3 is 5.97 Å². The molecule has 146 valence electrons. The second-order valence-electron chi connectivity index (χ2n) is 10.4. The van der Waals surface area contributed by atoms with Crippen LogP contribution in [-0.2, 0) is 14.3 Å². The lowest BCUT2D eigenvalue weighted by Gasteiger charge is -2.61. The minimum atomic E-state index is -0.123. The summed E-state index contributed by atoms with van der Waals surface area (Å²) in [6, 6.07) is 0. The fourth-order valence-corrected chi connectivity index (χ4v) is 8.23. The second-order valence-corrected chi connectivity index (χ2v) is 10.4. The van der Waals surface area contributed by atoms with E-state index >= 15 is 0 Å². The van der Waals surface area contributed by atoms with Crippen LogP contribution in [0.1, 0.15) is 85.5 Å². The molecule has 0 amide bonds. The summed E-state index contributed by atoms with van der Waals surface area (Å²) in [4.78, 5) is 23.6. The van der Waals surface area contributed by atoms with Crippen molar-refractivity contribution in [3.63, 3.8) is 0 Å². The van der Waals surface area contributed by atoms with Crippen molar-refractivity contribution in [3.8, 4) is 0 Å². The monoisotopic (exact) mass is 360 g/mol. The second kappa shape index (κ2) is 6.34. The van der Waals surface area contributed by atoms with E-state index < -0.39 is 0 Å². The zero-order valence-electron chi connectivity index (χ0n) is 17.1. The lowest BCUT2D eigenvalue weighted by Crippen LogP contribution is -2.54. The SMILES string of the molecule is CC(=O)O[C@H]1CC[C@@]2(C)[C@@H](CC[C@@H]3[C@@H]2CC[C@]2(C)C(C(C)=O)CC[C@@H]32)C1. The molecule has 0 radical (unpaired) electrons.